The van der Waals surface area contributed by atoms with Crippen molar-refractivity contribution in [1.29, 1.82) is 0 Å². The van der Waals surface area contributed by atoms with Crippen LogP contribution >= 0.6 is 11.8 Å². The zero-order chi connectivity index (χ0) is 20.1. The summed E-state index contributed by atoms with van der Waals surface area (Å²) in [4.78, 5) is 4.07. The summed E-state index contributed by atoms with van der Waals surface area (Å²) in [6.45, 7) is 3.19. The minimum Gasteiger partial charge on any atom is -0.419 e. The zero-order valence-electron chi connectivity index (χ0n) is 16.1. The van der Waals surface area contributed by atoms with Crippen LogP contribution in [0, 0.1) is 0 Å². The summed E-state index contributed by atoms with van der Waals surface area (Å²) < 4.78 is 13.2. The van der Waals surface area contributed by atoms with Crippen molar-refractivity contribution in [2.45, 2.75) is 23.9 Å². The second-order valence-corrected chi connectivity index (χ2v) is 7.57. The smallest absolute Gasteiger partial charge is 0.247 e. The molecular formula is C20H20N6O2S. The molecule has 0 aliphatic carbocycles. The maximum atomic E-state index is 5.88. The second kappa shape index (κ2) is 8.97. The van der Waals surface area contributed by atoms with Crippen LogP contribution in [-0.2, 0) is 11.3 Å². The first-order valence-electron chi connectivity index (χ1n) is 9.14. The lowest BCUT2D eigenvalue weighted by Gasteiger charge is -2.11. The van der Waals surface area contributed by atoms with Gasteiger partial charge in [-0.05, 0) is 31.2 Å². The number of rotatable bonds is 8. The van der Waals surface area contributed by atoms with Gasteiger partial charge in [0.15, 0.2) is 11.0 Å². The van der Waals surface area contributed by atoms with Gasteiger partial charge in [-0.3, -0.25) is 9.55 Å². The molecule has 3 aromatic heterocycles. The van der Waals surface area contributed by atoms with E-state index in [0.29, 0.717) is 24.9 Å². The fraction of sp³-hybridized carbons (Fsp3) is 0.250. The molecule has 0 aliphatic heterocycles. The highest BCUT2D eigenvalue weighted by molar-refractivity contribution is 7.99. The van der Waals surface area contributed by atoms with Crippen molar-refractivity contribution >= 4 is 11.8 Å². The summed E-state index contributed by atoms with van der Waals surface area (Å²) in [7, 11) is 1.68. The molecule has 9 heteroatoms. The molecule has 148 valence electrons. The molecule has 8 nitrogen and oxygen atoms in total. The minimum atomic E-state index is -0.0873. The van der Waals surface area contributed by atoms with Crippen molar-refractivity contribution < 1.29 is 9.15 Å². The Bertz CT molecular complexity index is 1050. The summed E-state index contributed by atoms with van der Waals surface area (Å²) in [6.07, 6.45) is 3.48. The number of benzene rings is 1. The van der Waals surface area contributed by atoms with E-state index in [-0.39, 0.29) is 5.25 Å². The molecule has 1 aromatic carbocycles. The lowest BCUT2D eigenvalue weighted by atomic mass is 10.2. The molecule has 3 heterocycles. The quantitative estimate of drug-likeness (QED) is 0.406. The Balaban J connectivity index is 1.57. The van der Waals surface area contributed by atoms with E-state index in [0.717, 1.165) is 22.1 Å². The number of ether oxygens (including phenoxy) is 1. The third kappa shape index (κ3) is 4.36. The number of nitrogens with zero attached hydrogens (tertiary/aromatic N) is 6. The highest BCUT2D eigenvalue weighted by atomic mass is 32.2. The number of pyridine rings is 1. The fourth-order valence-corrected chi connectivity index (χ4v) is 3.68. The van der Waals surface area contributed by atoms with Crippen LogP contribution < -0.4 is 0 Å². The lowest BCUT2D eigenvalue weighted by molar-refractivity contribution is 0.185. The van der Waals surface area contributed by atoms with Crippen molar-refractivity contribution in [3.05, 3.63) is 60.7 Å². The van der Waals surface area contributed by atoms with Gasteiger partial charge in [0.25, 0.3) is 0 Å². The number of aromatic nitrogens is 6. The van der Waals surface area contributed by atoms with E-state index in [4.69, 9.17) is 9.15 Å². The molecule has 4 rings (SSSR count). The van der Waals surface area contributed by atoms with E-state index in [2.05, 4.69) is 25.4 Å². The summed E-state index contributed by atoms with van der Waals surface area (Å²) in [5.41, 5.74) is 1.85. The van der Waals surface area contributed by atoms with Gasteiger partial charge in [0.1, 0.15) is 0 Å². The van der Waals surface area contributed by atoms with Crippen LogP contribution in [-0.4, -0.2) is 43.7 Å². The first kappa shape index (κ1) is 19.3. The minimum absolute atomic E-state index is 0.0873. The maximum Gasteiger partial charge on any atom is 0.247 e. The molecule has 29 heavy (non-hydrogen) atoms. The third-order valence-electron chi connectivity index (χ3n) is 4.27. The molecule has 0 saturated heterocycles. The SMILES string of the molecule is COCCn1c(SC(C)c2nnc(-c3ccccc3)o2)nnc1-c1ccncc1. The molecule has 0 amide bonds. The Morgan fingerprint density at radius 2 is 1.79 bits per heavy atom. The molecule has 1 atom stereocenters. The first-order chi connectivity index (χ1) is 14.3. The Labute approximate surface area is 172 Å². The van der Waals surface area contributed by atoms with Crippen LogP contribution in [0.3, 0.4) is 0 Å². The largest absolute Gasteiger partial charge is 0.419 e. The monoisotopic (exact) mass is 408 g/mol. The molecule has 0 fully saturated rings. The molecule has 0 saturated carbocycles. The van der Waals surface area contributed by atoms with E-state index in [1.54, 1.807) is 19.5 Å². The van der Waals surface area contributed by atoms with Gasteiger partial charge in [-0.1, -0.05) is 30.0 Å². The van der Waals surface area contributed by atoms with Crippen LogP contribution in [0.25, 0.3) is 22.8 Å². The first-order valence-corrected chi connectivity index (χ1v) is 10.0. The average molecular weight is 408 g/mol. The summed E-state index contributed by atoms with van der Waals surface area (Å²) >= 11 is 1.52. The van der Waals surface area contributed by atoms with Gasteiger partial charge in [-0.25, -0.2) is 0 Å². The topological polar surface area (TPSA) is 91.8 Å². The van der Waals surface area contributed by atoms with E-state index < -0.39 is 0 Å². The molecule has 0 radical (unpaired) electrons. The van der Waals surface area contributed by atoms with E-state index in [9.17, 15) is 0 Å². The lowest BCUT2D eigenvalue weighted by Crippen LogP contribution is -2.08. The molecule has 0 aliphatic rings. The van der Waals surface area contributed by atoms with Gasteiger partial charge in [0.05, 0.1) is 18.4 Å². The predicted molar refractivity (Wildman–Crippen MR) is 109 cm³/mol. The normalized spacial score (nSPS) is 12.2. The van der Waals surface area contributed by atoms with Crippen molar-refractivity contribution in [2.24, 2.45) is 0 Å². The molecule has 4 aromatic rings. The van der Waals surface area contributed by atoms with Crippen LogP contribution in [0.5, 0.6) is 0 Å². The van der Waals surface area contributed by atoms with Gasteiger partial charge in [-0.2, -0.15) is 0 Å². The van der Waals surface area contributed by atoms with Crippen molar-refractivity contribution in [2.75, 3.05) is 13.7 Å². The van der Waals surface area contributed by atoms with Gasteiger partial charge >= 0.3 is 0 Å². The average Bonchev–Trinajstić information content (AvgIpc) is 3.41. The van der Waals surface area contributed by atoms with E-state index in [1.807, 2.05) is 54.0 Å². The van der Waals surface area contributed by atoms with Gasteiger partial charge in [0.2, 0.25) is 11.8 Å². The second-order valence-electron chi connectivity index (χ2n) is 6.26. The standard InChI is InChI=1S/C20H20N6O2S/c1-14(18-23-24-19(28-18)16-6-4-3-5-7-16)29-20-25-22-17(26(20)12-13-27-2)15-8-10-21-11-9-15/h3-11,14H,12-13H2,1-2H3. The third-order valence-corrected chi connectivity index (χ3v) is 5.33. The summed E-state index contributed by atoms with van der Waals surface area (Å²) in [5, 5.41) is 17.8. The van der Waals surface area contributed by atoms with Gasteiger partial charge < -0.3 is 9.15 Å². The fourth-order valence-electron chi connectivity index (χ4n) is 2.78. The molecule has 0 spiro atoms. The summed E-state index contributed by atoms with van der Waals surface area (Å²) in [6, 6.07) is 13.5. The zero-order valence-corrected chi connectivity index (χ0v) is 16.9. The van der Waals surface area contributed by atoms with E-state index in [1.165, 1.54) is 11.8 Å². The Morgan fingerprint density at radius 1 is 1.00 bits per heavy atom. The molecule has 1 unspecified atom stereocenters. The number of thioether (sulfide) groups is 1. The Hall–Kier alpha value is -3.04. The number of hydrogen-bond acceptors (Lipinski definition) is 8. The van der Waals surface area contributed by atoms with Gasteiger partial charge in [-0.15, -0.1) is 20.4 Å². The predicted octanol–water partition coefficient (Wildman–Crippen LogP) is 3.89. The Kier molecular flexibility index (Phi) is 5.97. The van der Waals surface area contributed by atoms with Crippen LogP contribution in [0.1, 0.15) is 18.1 Å². The summed E-state index contributed by atoms with van der Waals surface area (Å²) in [5.74, 6) is 1.82. The van der Waals surface area contributed by atoms with Crippen LogP contribution in [0.15, 0.2) is 64.4 Å². The van der Waals surface area contributed by atoms with Gasteiger partial charge in [0, 0.05) is 30.6 Å². The van der Waals surface area contributed by atoms with Crippen molar-refractivity contribution in [1.82, 2.24) is 29.9 Å². The Morgan fingerprint density at radius 3 is 2.55 bits per heavy atom. The number of hydrogen-bond donors (Lipinski definition) is 0. The van der Waals surface area contributed by atoms with Crippen LogP contribution in [0.2, 0.25) is 0 Å². The highest BCUT2D eigenvalue weighted by Gasteiger charge is 2.21. The molecule has 0 bridgehead atoms. The highest BCUT2D eigenvalue weighted by Crippen LogP contribution is 2.35. The molecule has 0 N–H and O–H groups in total. The van der Waals surface area contributed by atoms with E-state index >= 15 is 0 Å². The maximum absolute atomic E-state index is 5.88. The number of methoxy groups -OCH3 is 1. The molecular weight excluding hydrogens is 388 g/mol. The van der Waals surface area contributed by atoms with Crippen molar-refractivity contribution in [3.8, 4) is 22.8 Å². The van der Waals surface area contributed by atoms with Crippen LogP contribution in [0.4, 0.5) is 0 Å². The van der Waals surface area contributed by atoms with Crippen molar-refractivity contribution in [3.63, 3.8) is 0 Å².